The van der Waals surface area contributed by atoms with Crippen molar-refractivity contribution in [3.63, 3.8) is 0 Å². The third kappa shape index (κ3) is 5.45. The maximum Gasteiger partial charge on any atom is 0.251 e. The molecule has 2 unspecified atom stereocenters. The van der Waals surface area contributed by atoms with Crippen LogP contribution in [0.25, 0.3) is 20.9 Å². The number of carbonyl (C=O) groups excluding carboxylic acids is 1. The van der Waals surface area contributed by atoms with Gasteiger partial charge in [-0.15, -0.1) is 0 Å². The molecule has 0 aromatic heterocycles. The number of amides is 1. The van der Waals surface area contributed by atoms with E-state index in [0.717, 1.165) is 0 Å². The van der Waals surface area contributed by atoms with Crippen LogP contribution in [-0.2, 0) is 17.3 Å². The quantitative estimate of drug-likeness (QED) is 0.467. The van der Waals surface area contributed by atoms with Gasteiger partial charge in [-0.05, 0) is 41.7 Å². The van der Waals surface area contributed by atoms with E-state index in [1.54, 1.807) is 19.2 Å². The van der Waals surface area contributed by atoms with Crippen molar-refractivity contribution in [3.05, 3.63) is 50.2 Å². The van der Waals surface area contributed by atoms with Crippen LogP contribution in [0.15, 0.2) is 28.4 Å². The third-order valence-electron chi connectivity index (χ3n) is 2.83. The van der Waals surface area contributed by atoms with Gasteiger partial charge in [0.25, 0.3) is 5.91 Å². The fraction of sp³-hybridized carbons (Fsp3) is 0.417. The fourth-order valence-electron chi connectivity index (χ4n) is 1.57. The van der Waals surface area contributed by atoms with Gasteiger partial charge in [0, 0.05) is 49.9 Å². The normalized spacial score (nSPS) is 12.5. The summed E-state index contributed by atoms with van der Waals surface area (Å²) in [5, 5.41) is 9.36. The maximum atomic E-state index is 12.1. The molecule has 0 radical (unpaired) electrons. The highest BCUT2D eigenvalue weighted by Gasteiger charge is 2.11. The topological polar surface area (TPSA) is 144 Å². The summed E-state index contributed by atoms with van der Waals surface area (Å²) in [4.78, 5) is 17.4. The highest BCUT2D eigenvalue weighted by molar-refractivity contribution is 7.84. The van der Waals surface area contributed by atoms with E-state index in [2.05, 4.69) is 25.4 Å². The summed E-state index contributed by atoms with van der Waals surface area (Å²) in [7, 11) is -1.04. The second-order valence-corrected chi connectivity index (χ2v) is 6.29. The van der Waals surface area contributed by atoms with E-state index in [1.807, 2.05) is 0 Å². The zero-order valence-electron chi connectivity index (χ0n) is 12.1. The Balaban J connectivity index is 2.98. The van der Waals surface area contributed by atoms with Crippen molar-refractivity contribution in [2.75, 3.05) is 12.8 Å². The molecule has 0 fully saturated rings. The van der Waals surface area contributed by atoms with Gasteiger partial charge < -0.3 is 5.32 Å². The third-order valence-corrected chi connectivity index (χ3v) is 4.13. The highest BCUT2D eigenvalue weighted by Crippen LogP contribution is 2.19. The Labute approximate surface area is 129 Å². The SMILES string of the molecule is CC(CNC(=O)c1cc(CN=[N+]=[N-])cc(N=[N+]=[N-])c1)S(C)=O. The van der Waals surface area contributed by atoms with E-state index in [-0.39, 0.29) is 35.5 Å². The largest absolute Gasteiger partial charge is 0.351 e. The number of nitrogens with zero attached hydrogens (tertiary/aromatic N) is 6. The van der Waals surface area contributed by atoms with E-state index in [9.17, 15) is 9.00 Å². The molecule has 9 nitrogen and oxygen atoms in total. The van der Waals surface area contributed by atoms with Gasteiger partial charge in [-0.1, -0.05) is 10.2 Å². The van der Waals surface area contributed by atoms with E-state index in [1.165, 1.54) is 12.1 Å². The van der Waals surface area contributed by atoms with Gasteiger partial charge in [-0.3, -0.25) is 9.00 Å². The van der Waals surface area contributed by atoms with Crippen LogP contribution < -0.4 is 5.32 Å². The first-order chi connectivity index (χ1) is 10.5. The number of benzene rings is 1. The minimum atomic E-state index is -1.04. The van der Waals surface area contributed by atoms with Crippen molar-refractivity contribution in [1.29, 1.82) is 0 Å². The summed E-state index contributed by atoms with van der Waals surface area (Å²) >= 11 is 0. The van der Waals surface area contributed by atoms with Crippen LogP contribution in [0.1, 0.15) is 22.8 Å². The zero-order valence-corrected chi connectivity index (χ0v) is 12.9. The lowest BCUT2D eigenvalue weighted by Crippen LogP contribution is -2.32. The number of hydrogen-bond donors (Lipinski definition) is 1. The van der Waals surface area contributed by atoms with E-state index in [4.69, 9.17) is 11.1 Å². The lowest BCUT2D eigenvalue weighted by molar-refractivity contribution is 0.0954. The molecule has 1 amide bonds. The van der Waals surface area contributed by atoms with Gasteiger partial charge in [-0.25, -0.2) is 0 Å². The molecule has 0 saturated heterocycles. The van der Waals surface area contributed by atoms with Gasteiger partial charge in [0.15, 0.2) is 0 Å². The number of carbonyl (C=O) groups is 1. The number of azide groups is 2. The smallest absolute Gasteiger partial charge is 0.251 e. The molecule has 10 heteroatoms. The van der Waals surface area contributed by atoms with Crippen molar-refractivity contribution in [2.24, 2.45) is 10.2 Å². The molecule has 0 heterocycles. The van der Waals surface area contributed by atoms with Crippen LogP contribution >= 0.6 is 0 Å². The zero-order chi connectivity index (χ0) is 16.5. The van der Waals surface area contributed by atoms with Crippen molar-refractivity contribution in [1.82, 2.24) is 5.32 Å². The van der Waals surface area contributed by atoms with Crippen molar-refractivity contribution in [3.8, 4) is 0 Å². The molecule has 1 aromatic rings. The summed E-state index contributed by atoms with van der Waals surface area (Å²) in [6.07, 6.45) is 1.57. The summed E-state index contributed by atoms with van der Waals surface area (Å²) in [6.45, 7) is 2.07. The summed E-state index contributed by atoms with van der Waals surface area (Å²) in [5.74, 6) is -0.380. The Bertz CT molecular complexity index is 678. The fourth-order valence-corrected chi connectivity index (χ4v) is 1.89. The van der Waals surface area contributed by atoms with Crippen molar-refractivity contribution < 1.29 is 9.00 Å². The molecule has 0 aliphatic rings. The molecule has 2 atom stereocenters. The second-order valence-electron chi connectivity index (χ2n) is 4.49. The standard InChI is InChI=1S/C12H15N7O2S/c1-8(22(2)21)6-15-12(20)10-3-9(7-16-18-13)4-11(5-10)17-19-14/h3-5,8H,6-7H2,1-2H3,(H,15,20). The first kappa shape index (κ1) is 17.5. The molecule has 116 valence electrons. The minimum absolute atomic E-state index is 0.0426. The van der Waals surface area contributed by atoms with Crippen molar-refractivity contribution in [2.45, 2.75) is 18.7 Å². The molecular formula is C12H15N7O2S. The molecule has 1 rings (SSSR count). The lowest BCUT2D eigenvalue weighted by Gasteiger charge is -2.11. The monoisotopic (exact) mass is 321 g/mol. The molecule has 0 bridgehead atoms. The Morgan fingerprint density at radius 3 is 2.68 bits per heavy atom. The van der Waals surface area contributed by atoms with Gasteiger partial charge in [0.2, 0.25) is 0 Å². The number of hydrogen-bond acceptors (Lipinski definition) is 4. The van der Waals surface area contributed by atoms with Crippen LogP contribution in [-0.4, -0.2) is 28.2 Å². The molecule has 0 aliphatic carbocycles. The predicted octanol–water partition coefficient (Wildman–Crippen LogP) is 2.94. The van der Waals surface area contributed by atoms with E-state index in [0.29, 0.717) is 5.56 Å². The number of nitrogens with one attached hydrogen (secondary N) is 1. The second kappa shape index (κ2) is 8.68. The Hall–Kier alpha value is -2.54. The molecule has 22 heavy (non-hydrogen) atoms. The lowest BCUT2D eigenvalue weighted by atomic mass is 10.1. The Morgan fingerprint density at radius 2 is 2.09 bits per heavy atom. The number of rotatable bonds is 7. The first-order valence-electron chi connectivity index (χ1n) is 6.28. The average Bonchev–Trinajstić information content (AvgIpc) is 2.50. The average molecular weight is 321 g/mol. The molecule has 1 N–H and O–H groups in total. The molecule has 0 saturated carbocycles. The van der Waals surface area contributed by atoms with E-state index < -0.39 is 10.8 Å². The van der Waals surface area contributed by atoms with Crippen LogP contribution in [0.5, 0.6) is 0 Å². The Kier molecular flexibility index (Phi) is 6.91. The van der Waals surface area contributed by atoms with Gasteiger partial charge >= 0.3 is 0 Å². The van der Waals surface area contributed by atoms with Gasteiger partial charge in [0.05, 0.1) is 6.54 Å². The summed E-state index contributed by atoms with van der Waals surface area (Å²) in [6, 6.07) is 4.52. The maximum absolute atomic E-state index is 12.1. The molecule has 0 spiro atoms. The van der Waals surface area contributed by atoms with Crippen LogP contribution in [0.4, 0.5) is 5.69 Å². The van der Waals surface area contributed by atoms with Crippen molar-refractivity contribution >= 4 is 22.4 Å². The van der Waals surface area contributed by atoms with Gasteiger partial charge in [0.1, 0.15) is 0 Å². The molecule has 0 aliphatic heterocycles. The highest BCUT2D eigenvalue weighted by atomic mass is 32.2. The van der Waals surface area contributed by atoms with E-state index >= 15 is 0 Å². The van der Waals surface area contributed by atoms with Crippen LogP contribution in [0.2, 0.25) is 0 Å². The van der Waals surface area contributed by atoms with Crippen LogP contribution in [0, 0.1) is 0 Å². The van der Waals surface area contributed by atoms with Gasteiger partial charge in [-0.2, -0.15) is 0 Å². The summed E-state index contributed by atoms with van der Waals surface area (Å²) < 4.78 is 11.3. The van der Waals surface area contributed by atoms with Crippen LogP contribution in [0.3, 0.4) is 0 Å². The molecule has 1 aromatic carbocycles. The first-order valence-corrected chi connectivity index (χ1v) is 7.90. The Morgan fingerprint density at radius 1 is 1.36 bits per heavy atom. The molecular weight excluding hydrogens is 306 g/mol. The summed E-state index contributed by atoms with van der Waals surface area (Å²) in [5.41, 5.74) is 17.9. The predicted molar refractivity (Wildman–Crippen MR) is 84.0 cm³/mol. The minimum Gasteiger partial charge on any atom is -0.351 e.